The Kier molecular flexibility index (Phi) is 8.87. The molecule has 35 heavy (non-hydrogen) atoms. The van der Waals surface area contributed by atoms with Gasteiger partial charge >= 0.3 is 0 Å². The Hall–Kier alpha value is -3.39. The first-order valence-electron chi connectivity index (χ1n) is 9.83. The third-order valence-corrected chi connectivity index (χ3v) is 6.07. The van der Waals surface area contributed by atoms with Crippen LogP contribution in [0, 0.1) is 21.4 Å². The molecule has 0 aliphatic rings. The monoisotopic (exact) mass is 619 g/mol. The molecular formula is C24H16Br2ClN3O5. The molecule has 3 rings (SSSR count). The number of nitrogens with zero attached hydrogens (tertiary/aromatic N) is 2. The highest BCUT2D eigenvalue weighted by molar-refractivity contribution is 9.11. The Balaban J connectivity index is 1.81. The predicted octanol–water partition coefficient (Wildman–Crippen LogP) is 6.91. The van der Waals surface area contributed by atoms with Crippen molar-refractivity contribution < 1.29 is 19.2 Å². The normalized spacial score (nSPS) is 10.9. The van der Waals surface area contributed by atoms with E-state index in [4.69, 9.17) is 21.1 Å². The lowest BCUT2D eigenvalue weighted by Crippen LogP contribution is -2.14. The molecule has 0 saturated heterocycles. The van der Waals surface area contributed by atoms with E-state index < -0.39 is 10.8 Å². The van der Waals surface area contributed by atoms with Gasteiger partial charge in [-0.15, -0.1) is 0 Å². The van der Waals surface area contributed by atoms with Gasteiger partial charge in [0.2, 0.25) is 0 Å². The minimum Gasteiger partial charge on any atom is -0.495 e. The van der Waals surface area contributed by atoms with Crippen LogP contribution in [0.4, 0.5) is 11.4 Å². The van der Waals surface area contributed by atoms with Crippen molar-refractivity contribution in [1.82, 2.24) is 0 Å². The van der Waals surface area contributed by atoms with E-state index >= 15 is 0 Å². The summed E-state index contributed by atoms with van der Waals surface area (Å²) in [7, 11) is 1.36. The summed E-state index contributed by atoms with van der Waals surface area (Å²) in [4.78, 5) is 23.2. The van der Waals surface area contributed by atoms with Gasteiger partial charge in [-0.2, -0.15) is 5.26 Å². The van der Waals surface area contributed by atoms with E-state index in [1.807, 2.05) is 18.2 Å². The molecule has 0 aliphatic heterocycles. The number of nitro benzene ring substituents is 1. The number of hydrogen-bond donors (Lipinski definition) is 1. The molecule has 0 fully saturated rings. The number of anilines is 1. The third kappa shape index (κ3) is 6.82. The summed E-state index contributed by atoms with van der Waals surface area (Å²) in [5.74, 6) is 0.0110. The molecule has 0 aromatic heterocycles. The Morgan fingerprint density at radius 3 is 2.40 bits per heavy atom. The van der Waals surface area contributed by atoms with Crippen LogP contribution in [0.5, 0.6) is 11.5 Å². The van der Waals surface area contributed by atoms with E-state index in [1.54, 1.807) is 24.3 Å². The maximum Gasteiger partial charge on any atom is 0.271 e. The molecule has 8 nitrogen and oxygen atoms in total. The van der Waals surface area contributed by atoms with E-state index in [0.29, 0.717) is 31.9 Å². The number of benzene rings is 3. The van der Waals surface area contributed by atoms with Crippen molar-refractivity contribution in [2.45, 2.75) is 6.61 Å². The van der Waals surface area contributed by atoms with Gasteiger partial charge in [-0.3, -0.25) is 14.9 Å². The van der Waals surface area contributed by atoms with Crippen molar-refractivity contribution in [3.63, 3.8) is 0 Å². The smallest absolute Gasteiger partial charge is 0.271 e. The first kappa shape index (κ1) is 26.2. The Labute approximate surface area is 222 Å². The Bertz CT molecular complexity index is 1330. The highest BCUT2D eigenvalue weighted by atomic mass is 79.9. The van der Waals surface area contributed by atoms with E-state index in [9.17, 15) is 20.2 Å². The van der Waals surface area contributed by atoms with Gasteiger partial charge in [0.25, 0.3) is 11.6 Å². The van der Waals surface area contributed by atoms with Gasteiger partial charge in [0.05, 0.1) is 26.7 Å². The van der Waals surface area contributed by atoms with Gasteiger partial charge in [0.1, 0.15) is 29.7 Å². The fourth-order valence-corrected chi connectivity index (χ4v) is 4.53. The molecule has 0 aliphatic carbocycles. The molecule has 0 unspecified atom stereocenters. The van der Waals surface area contributed by atoms with E-state index in [1.165, 1.54) is 25.3 Å². The minimum absolute atomic E-state index is 0.0705. The van der Waals surface area contributed by atoms with Crippen molar-refractivity contribution in [2.24, 2.45) is 0 Å². The molecular weight excluding hydrogens is 606 g/mol. The minimum atomic E-state index is -0.749. The van der Waals surface area contributed by atoms with Crippen LogP contribution in [0.15, 0.2) is 69.1 Å². The third-order valence-electron chi connectivity index (χ3n) is 4.64. The first-order valence-corrected chi connectivity index (χ1v) is 11.8. The van der Waals surface area contributed by atoms with E-state index in [0.717, 1.165) is 11.6 Å². The number of methoxy groups -OCH3 is 1. The molecule has 1 amide bonds. The average Bonchev–Trinajstić information content (AvgIpc) is 2.83. The number of amides is 1. The van der Waals surface area contributed by atoms with Crippen molar-refractivity contribution in [1.29, 1.82) is 5.26 Å². The number of non-ortho nitro benzene ring substituents is 1. The molecule has 0 radical (unpaired) electrons. The SMILES string of the molecule is COc1ccc([N+](=O)[O-])cc1NC(=O)/C(C#N)=C/c1cc(Br)c(OCc2ccc(Cl)cc2)c(Br)c1. The lowest BCUT2D eigenvalue weighted by Gasteiger charge is -2.12. The summed E-state index contributed by atoms with van der Waals surface area (Å²) >= 11 is 12.8. The van der Waals surface area contributed by atoms with Gasteiger partial charge in [0.15, 0.2) is 0 Å². The highest BCUT2D eigenvalue weighted by Crippen LogP contribution is 2.36. The molecule has 0 bridgehead atoms. The lowest BCUT2D eigenvalue weighted by atomic mass is 10.1. The van der Waals surface area contributed by atoms with Gasteiger partial charge < -0.3 is 14.8 Å². The second-order valence-corrected chi connectivity index (χ2v) is 9.14. The molecule has 0 saturated carbocycles. The summed E-state index contributed by atoms with van der Waals surface area (Å²) in [5, 5.41) is 23.7. The van der Waals surface area contributed by atoms with Crippen LogP contribution in [0.2, 0.25) is 5.02 Å². The molecule has 0 heterocycles. The van der Waals surface area contributed by atoms with Crippen molar-refractivity contribution in [3.05, 3.63) is 95.4 Å². The highest BCUT2D eigenvalue weighted by Gasteiger charge is 2.17. The van der Waals surface area contributed by atoms with Crippen molar-refractivity contribution >= 4 is 66.8 Å². The quantitative estimate of drug-likeness (QED) is 0.127. The molecule has 1 N–H and O–H groups in total. The van der Waals surface area contributed by atoms with Crippen LogP contribution < -0.4 is 14.8 Å². The van der Waals surface area contributed by atoms with Gasteiger partial charge in [-0.05, 0) is 79.4 Å². The molecule has 3 aromatic carbocycles. The molecule has 11 heteroatoms. The maximum absolute atomic E-state index is 12.7. The second-order valence-electron chi connectivity index (χ2n) is 6.99. The Morgan fingerprint density at radius 2 is 1.83 bits per heavy atom. The number of ether oxygens (including phenoxy) is 2. The Morgan fingerprint density at radius 1 is 1.17 bits per heavy atom. The van der Waals surface area contributed by atoms with Gasteiger partial charge in [0, 0.05) is 17.2 Å². The van der Waals surface area contributed by atoms with Crippen LogP contribution in [0.3, 0.4) is 0 Å². The van der Waals surface area contributed by atoms with E-state index in [-0.39, 0.29) is 22.7 Å². The van der Waals surface area contributed by atoms with Crippen LogP contribution in [-0.4, -0.2) is 17.9 Å². The fourth-order valence-electron chi connectivity index (χ4n) is 2.95. The summed E-state index contributed by atoms with van der Waals surface area (Å²) in [6, 6.07) is 16.3. The maximum atomic E-state index is 12.7. The molecule has 0 atom stereocenters. The van der Waals surface area contributed by atoms with E-state index in [2.05, 4.69) is 37.2 Å². The molecule has 3 aromatic rings. The second kappa shape index (κ2) is 11.8. The van der Waals surface area contributed by atoms with Crippen LogP contribution in [0.25, 0.3) is 6.08 Å². The number of nitrogens with one attached hydrogen (secondary N) is 1. The number of hydrogen-bond acceptors (Lipinski definition) is 6. The molecule has 178 valence electrons. The number of carbonyl (C=O) groups is 1. The number of nitriles is 1. The standard InChI is InChI=1S/C24H16Br2ClN3O5/c1-34-22-7-6-18(30(32)33)11-21(22)29-24(31)16(12-28)8-15-9-19(25)23(20(26)10-15)35-13-14-2-4-17(27)5-3-14/h2-11H,13H2,1H3,(H,29,31)/b16-8+. The predicted molar refractivity (Wildman–Crippen MR) is 139 cm³/mol. The zero-order valence-electron chi connectivity index (χ0n) is 18.1. The van der Waals surface area contributed by atoms with Crippen LogP contribution >= 0.6 is 43.5 Å². The number of carbonyl (C=O) groups excluding carboxylic acids is 1. The van der Waals surface area contributed by atoms with Crippen molar-refractivity contribution in [2.75, 3.05) is 12.4 Å². The van der Waals surface area contributed by atoms with Gasteiger partial charge in [-0.25, -0.2) is 0 Å². The lowest BCUT2D eigenvalue weighted by molar-refractivity contribution is -0.384. The average molecular weight is 622 g/mol. The number of halogens is 3. The van der Waals surface area contributed by atoms with Crippen LogP contribution in [-0.2, 0) is 11.4 Å². The first-order chi connectivity index (χ1) is 16.7. The zero-order chi connectivity index (χ0) is 25.5. The van der Waals surface area contributed by atoms with Crippen LogP contribution in [0.1, 0.15) is 11.1 Å². The zero-order valence-corrected chi connectivity index (χ0v) is 22.0. The summed E-state index contributed by atoms with van der Waals surface area (Å²) in [6.45, 7) is 0.306. The fraction of sp³-hybridized carbons (Fsp3) is 0.0833. The van der Waals surface area contributed by atoms with Gasteiger partial charge in [-0.1, -0.05) is 23.7 Å². The number of rotatable bonds is 8. The summed E-state index contributed by atoms with van der Waals surface area (Å²) in [5.41, 5.74) is 1.09. The largest absolute Gasteiger partial charge is 0.495 e. The van der Waals surface area contributed by atoms with Crippen molar-refractivity contribution in [3.8, 4) is 17.6 Å². The topological polar surface area (TPSA) is 114 Å². The molecule has 0 spiro atoms. The summed E-state index contributed by atoms with van der Waals surface area (Å²) < 4.78 is 12.2. The summed E-state index contributed by atoms with van der Waals surface area (Å²) in [6.07, 6.45) is 1.39. The number of nitro groups is 1.